The van der Waals surface area contributed by atoms with Crippen molar-refractivity contribution in [1.29, 1.82) is 0 Å². The minimum Gasteiger partial charge on any atom is -0.469 e. The Morgan fingerprint density at radius 1 is 0.978 bits per heavy atom. The number of H-pyrrole nitrogens is 2. The van der Waals surface area contributed by atoms with E-state index in [9.17, 15) is 14.4 Å². The quantitative estimate of drug-likeness (QED) is 0.235. The maximum absolute atomic E-state index is 14.1. The molecule has 45 heavy (non-hydrogen) atoms. The molecular formula is C36H38N4O5. The van der Waals surface area contributed by atoms with Crippen molar-refractivity contribution in [3.05, 3.63) is 81.4 Å². The fourth-order valence-corrected chi connectivity index (χ4v) is 7.22. The number of rotatable bonds is 5. The van der Waals surface area contributed by atoms with Gasteiger partial charge in [-0.3, -0.25) is 24.4 Å². The molecule has 8 bridgehead atoms. The number of esters is 2. The first kappa shape index (κ1) is 30.2. The van der Waals surface area contributed by atoms with E-state index in [-0.39, 0.29) is 35.9 Å². The van der Waals surface area contributed by atoms with Crippen molar-refractivity contribution in [3.63, 3.8) is 0 Å². The van der Waals surface area contributed by atoms with Gasteiger partial charge in [-0.05, 0) is 62.1 Å². The van der Waals surface area contributed by atoms with Gasteiger partial charge in [0.05, 0.1) is 36.8 Å². The van der Waals surface area contributed by atoms with Gasteiger partial charge in [-0.15, -0.1) is 0 Å². The lowest BCUT2D eigenvalue weighted by Crippen LogP contribution is -2.21. The van der Waals surface area contributed by atoms with Crippen LogP contribution in [0.3, 0.4) is 0 Å². The Balaban J connectivity index is 1.79. The van der Waals surface area contributed by atoms with Gasteiger partial charge in [0.2, 0.25) is 0 Å². The summed E-state index contributed by atoms with van der Waals surface area (Å²) in [6, 6.07) is 6.08. The molecule has 9 heteroatoms. The number of nitrogens with one attached hydrogen (secondary N) is 2. The Morgan fingerprint density at radius 2 is 1.69 bits per heavy atom. The lowest BCUT2D eigenvalue weighted by Gasteiger charge is -2.18. The molecule has 3 aliphatic rings. The van der Waals surface area contributed by atoms with Gasteiger partial charge in [0.25, 0.3) is 0 Å². The zero-order valence-corrected chi connectivity index (χ0v) is 26.8. The third-order valence-corrected chi connectivity index (χ3v) is 9.83. The van der Waals surface area contributed by atoms with Gasteiger partial charge in [-0.1, -0.05) is 32.6 Å². The van der Waals surface area contributed by atoms with Crippen LogP contribution in [0.25, 0.3) is 33.7 Å². The smallest absolute Gasteiger partial charge is 0.321 e. The molecular weight excluding hydrogens is 568 g/mol. The largest absolute Gasteiger partial charge is 0.469 e. The topological polar surface area (TPSA) is 127 Å². The normalized spacial score (nSPS) is 21.3. The van der Waals surface area contributed by atoms with Crippen LogP contribution in [0.2, 0.25) is 0 Å². The third kappa shape index (κ3) is 4.64. The predicted molar refractivity (Wildman–Crippen MR) is 174 cm³/mol. The van der Waals surface area contributed by atoms with Crippen molar-refractivity contribution in [3.8, 4) is 0 Å². The highest BCUT2D eigenvalue weighted by atomic mass is 16.5. The molecule has 6 rings (SSSR count). The minimum atomic E-state index is -1.16. The number of aromatic amines is 2. The summed E-state index contributed by atoms with van der Waals surface area (Å²) in [7, 11) is 2.65. The number of nitrogens with zero attached hydrogens (tertiary/aromatic N) is 2. The number of hydrogen-bond donors (Lipinski definition) is 2. The second-order valence-electron chi connectivity index (χ2n) is 12.1. The molecule has 0 amide bonds. The number of fused-ring (bicyclic) bond motifs is 8. The van der Waals surface area contributed by atoms with Gasteiger partial charge in [0.1, 0.15) is 5.92 Å². The standard InChI is InChI=1S/C36H38N4O5/c1-9-20-16(3)23-13-25-18(5)22(11-12-29(41)44-7)33(39-25)31-32(36(43)45-8)35(42)30-19(6)26(40-34(30)31)15-28-21(10-2)17(4)24(38-28)14-27(20)37-23/h9-10,13-15,17-18,22,32,37,40H,1,11-12H2,2-8H3/b21-10+,23-13?,24-14?,25-13?,26-15?,27-14?,28-15?,33-31?/t17-,18+,22+,32-/m1/s1. The van der Waals surface area contributed by atoms with Crippen LogP contribution < -0.4 is 0 Å². The molecule has 232 valence electrons. The average molecular weight is 607 g/mol. The van der Waals surface area contributed by atoms with E-state index in [4.69, 9.17) is 19.4 Å². The summed E-state index contributed by atoms with van der Waals surface area (Å²) in [6.07, 6.45) is 4.52. The first-order valence-electron chi connectivity index (χ1n) is 15.3. The number of hydrogen-bond acceptors (Lipinski definition) is 7. The fraction of sp³-hybridized carbons (Fsp3) is 0.361. The fourth-order valence-electron chi connectivity index (χ4n) is 7.22. The van der Waals surface area contributed by atoms with E-state index in [1.54, 1.807) is 0 Å². The van der Waals surface area contributed by atoms with E-state index in [1.807, 2.05) is 39.0 Å². The molecule has 5 heterocycles. The number of allylic oxidation sites excluding steroid dienone is 2. The number of ether oxygens (including phenoxy) is 2. The summed E-state index contributed by atoms with van der Waals surface area (Å²) in [5, 5.41) is 0. The molecule has 4 atom stereocenters. The number of carbonyl (C=O) groups is 3. The van der Waals surface area contributed by atoms with Crippen molar-refractivity contribution in [2.75, 3.05) is 14.2 Å². The van der Waals surface area contributed by atoms with E-state index in [2.05, 4.69) is 42.5 Å². The van der Waals surface area contributed by atoms with Gasteiger partial charge in [-0.2, -0.15) is 0 Å². The number of ketones is 1. The Bertz CT molecular complexity index is 2000. The number of carbonyl (C=O) groups excluding carboxylic acids is 3. The first-order valence-corrected chi connectivity index (χ1v) is 15.3. The van der Waals surface area contributed by atoms with Crippen LogP contribution in [-0.2, 0) is 19.1 Å². The summed E-state index contributed by atoms with van der Waals surface area (Å²) in [5.74, 6) is -2.79. The second-order valence-corrected chi connectivity index (χ2v) is 12.1. The number of aryl methyl sites for hydroxylation is 2. The summed E-state index contributed by atoms with van der Waals surface area (Å²) in [5.41, 5.74) is 11.0. The molecule has 3 aromatic rings. The predicted octanol–water partition coefficient (Wildman–Crippen LogP) is 7.08. The third-order valence-electron chi connectivity index (χ3n) is 9.83. The van der Waals surface area contributed by atoms with E-state index in [1.165, 1.54) is 14.2 Å². The van der Waals surface area contributed by atoms with Crippen LogP contribution in [0, 0.1) is 13.8 Å². The molecule has 0 saturated heterocycles. The number of Topliss-reactive ketones (excluding diaryl/α,β-unsaturated/α-hetero) is 1. The Morgan fingerprint density at radius 3 is 2.36 bits per heavy atom. The summed E-state index contributed by atoms with van der Waals surface area (Å²) >= 11 is 0. The highest BCUT2D eigenvalue weighted by Gasteiger charge is 2.45. The van der Waals surface area contributed by atoms with E-state index in [0.717, 1.165) is 55.9 Å². The molecule has 0 spiro atoms. The molecule has 0 radical (unpaired) electrons. The van der Waals surface area contributed by atoms with E-state index >= 15 is 0 Å². The number of aromatic nitrogens is 4. The van der Waals surface area contributed by atoms with Crippen LogP contribution in [0.15, 0.2) is 30.9 Å². The highest BCUT2D eigenvalue weighted by molar-refractivity contribution is 6.23. The van der Waals surface area contributed by atoms with Crippen molar-refractivity contribution >= 4 is 51.4 Å². The average Bonchev–Trinajstić information content (AvgIpc) is 3.76. The number of methoxy groups -OCH3 is 2. The molecule has 9 nitrogen and oxygen atoms in total. The van der Waals surface area contributed by atoms with Crippen LogP contribution in [-0.4, -0.2) is 51.9 Å². The second kappa shape index (κ2) is 11.3. The Labute approximate surface area is 261 Å². The molecule has 0 aromatic carbocycles. The molecule has 2 aliphatic heterocycles. The lowest BCUT2D eigenvalue weighted by molar-refractivity contribution is -0.142. The first-order chi connectivity index (χ1) is 21.5. The monoisotopic (exact) mass is 606 g/mol. The van der Waals surface area contributed by atoms with Crippen LogP contribution in [0.1, 0.15) is 113 Å². The SMILES string of the molecule is C=Cc1c(C)c2cc3nc(c4c5[nH]c(cc6nc(cc1[nH]2)[C@H](C)/C6=C\C)c(C)c5C(=O)[C@@H]4C(=O)OC)[C@@H](CCC(=O)OC)[C@@H]3C. The van der Waals surface area contributed by atoms with Crippen molar-refractivity contribution < 1.29 is 23.9 Å². The van der Waals surface area contributed by atoms with Gasteiger partial charge in [0, 0.05) is 63.1 Å². The van der Waals surface area contributed by atoms with Gasteiger partial charge in [-0.25, -0.2) is 0 Å². The van der Waals surface area contributed by atoms with Gasteiger partial charge in [0.15, 0.2) is 5.78 Å². The summed E-state index contributed by atoms with van der Waals surface area (Å²) in [6.45, 7) is 14.2. The molecule has 0 unspecified atom stereocenters. The molecule has 3 aromatic heterocycles. The summed E-state index contributed by atoms with van der Waals surface area (Å²) < 4.78 is 10.1. The Kier molecular flexibility index (Phi) is 7.59. The van der Waals surface area contributed by atoms with Crippen LogP contribution >= 0.6 is 0 Å². The van der Waals surface area contributed by atoms with Crippen molar-refractivity contribution in [2.45, 2.75) is 71.1 Å². The van der Waals surface area contributed by atoms with Crippen LogP contribution in [0.5, 0.6) is 0 Å². The van der Waals surface area contributed by atoms with Gasteiger partial charge >= 0.3 is 11.9 Å². The Hall–Kier alpha value is -4.79. The molecule has 0 saturated carbocycles. The molecule has 1 aliphatic carbocycles. The zero-order valence-electron chi connectivity index (χ0n) is 26.8. The highest BCUT2D eigenvalue weighted by Crippen LogP contribution is 2.48. The maximum Gasteiger partial charge on any atom is 0.321 e. The van der Waals surface area contributed by atoms with Crippen LogP contribution in [0.4, 0.5) is 0 Å². The van der Waals surface area contributed by atoms with Crippen molar-refractivity contribution in [2.24, 2.45) is 0 Å². The lowest BCUT2D eigenvalue weighted by atomic mass is 9.84. The zero-order chi connectivity index (χ0) is 32.3. The van der Waals surface area contributed by atoms with E-state index < -0.39 is 11.9 Å². The van der Waals surface area contributed by atoms with Gasteiger partial charge < -0.3 is 19.4 Å². The molecule has 0 fully saturated rings. The maximum atomic E-state index is 14.1. The van der Waals surface area contributed by atoms with Crippen molar-refractivity contribution in [1.82, 2.24) is 19.9 Å². The van der Waals surface area contributed by atoms with E-state index in [0.29, 0.717) is 28.8 Å². The minimum absolute atomic E-state index is 0.0479. The molecule has 2 N–H and O–H groups in total. The summed E-state index contributed by atoms with van der Waals surface area (Å²) in [4.78, 5) is 56.9.